The van der Waals surface area contributed by atoms with Gasteiger partial charge >= 0.3 is 0 Å². The van der Waals surface area contributed by atoms with Crippen molar-refractivity contribution < 1.29 is 14.7 Å². The van der Waals surface area contributed by atoms with E-state index < -0.39 is 0 Å². The van der Waals surface area contributed by atoms with Gasteiger partial charge in [0.2, 0.25) is 0 Å². The van der Waals surface area contributed by atoms with E-state index in [9.17, 15) is 5.11 Å². The van der Waals surface area contributed by atoms with Crippen molar-refractivity contribution in [2.45, 2.75) is 45.6 Å². The molecule has 1 aliphatic rings. The van der Waals surface area contributed by atoms with Crippen molar-refractivity contribution in [3.63, 3.8) is 0 Å². The Morgan fingerprint density at radius 2 is 1.85 bits per heavy atom. The second-order valence-electron chi connectivity index (χ2n) is 6.03. The fourth-order valence-corrected chi connectivity index (χ4v) is 2.89. The fourth-order valence-electron chi connectivity index (χ4n) is 2.89. The van der Waals surface area contributed by atoms with Crippen LogP contribution in [0.4, 0.5) is 0 Å². The maximum Gasteiger partial charge on any atom is 0.137 e. The molecule has 2 rings (SSSR count). The highest BCUT2D eigenvalue weighted by Crippen LogP contribution is 2.20. The van der Waals surface area contributed by atoms with Gasteiger partial charge in [0, 0.05) is 0 Å². The number of quaternary nitrogens is 1. The Labute approximate surface area is 122 Å². The van der Waals surface area contributed by atoms with Crippen LogP contribution in [0.25, 0.3) is 0 Å². The highest BCUT2D eigenvalue weighted by molar-refractivity contribution is 5.38. The van der Waals surface area contributed by atoms with Crippen LogP contribution < -0.4 is 9.64 Å². The minimum Gasteiger partial charge on any atom is -0.490 e. The van der Waals surface area contributed by atoms with Crippen molar-refractivity contribution in [1.82, 2.24) is 0 Å². The van der Waals surface area contributed by atoms with E-state index in [2.05, 4.69) is 19.9 Å². The van der Waals surface area contributed by atoms with Crippen LogP contribution in [0.3, 0.4) is 0 Å². The summed E-state index contributed by atoms with van der Waals surface area (Å²) in [6.45, 7) is 7.75. The number of hydrogen-bond acceptors (Lipinski definition) is 2. The Morgan fingerprint density at radius 3 is 2.55 bits per heavy atom. The fraction of sp³-hybridized carbons (Fsp3) is 0.647. The summed E-state index contributed by atoms with van der Waals surface area (Å²) in [6, 6.07) is 6.07. The summed E-state index contributed by atoms with van der Waals surface area (Å²) in [5, 5.41) is 10.2. The number of rotatable bonds is 5. The second kappa shape index (κ2) is 7.65. The molecule has 0 aliphatic carbocycles. The molecule has 0 spiro atoms. The van der Waals surface area contributed by atoms with Gasteiger partial charge in [-0.1, -0.05) is 12.1 Å². The average molecular weight is 278 g/mol. The van der Waals surface area contributed by atoms with Gasteiger partial charge in [-0.05, 0) is 56.7 Å². The molecule has 1 heterocycles. The summed E-state index contributed by atoms with van der Waals surface area (Å²) in [6.07, 6.45) is 4.90. The molecule has 0 unspecified atom stereocenters. The minimum absolute atomic E-state index is 0.372. The molecule has 20 heavy (non-hydrogen) atoms. The van der Waals surface area contributed by atoms with Crippen molar-refractivity contribution in [2.75, 3.05) is 26.2 Å². The molecule has 0 bridgehead atoms. The van der Waals surface area contributed by atoms with E-state index in [1.807, 2.05) is 12.1 Å². The number of ether oxygens (including phenoxy) is 1. The molecule has 0 amide bonds. The molecule has 0 saturated carbocycles. The zero-order valence-corrected chi connectivity index (χ0v) is 12.8. The summed E-state index contributed by atoms with van der Waals surface area (Å²) in [7, 11) is 0. The second-order valence-corrected chi connectivity index (χ2v) is 6.03. The summed E-state index contributed by atoms with van der Waals surface area (Å²) >= 11 is 0. The largest absolute Gasteiger partial charge is 0.490 e. The summed E-state index contributed by atoms with van der Waals surface area (Å²) in [4.78, 5) is 1.53. The van der Waals surface area contributed by atoms with Crippen molar-refractivity contribution >= 4 is 0 Å². The van der Waals surface area contributed by atoms with Gasteiger partial charge in [-0.3, -0.25) is 0 Å². The van der Waals surface area contributed by atoms with Crippen molar-refractivity contribution in [3.05, 3.63) is 29.3 Å². The Morgan fingerprint density at radius 1 is 1.15 bits per heavy atom. The van der Waals surface area contributed by atoms with Gasteiger partial charge in [-0.2, -0.15) is 0 Å². The molecule has 112 valence electrons. The Bertz CT molecular complexity index is 411. The Hall–Kier alpha value is -1.06. The topological polar surface area (TPSA) is 33.9 Å². The van der Waals surface area contributed by atoms with Crippen LogP contribution in [-0.4, -0.2) is 37.5 Å². The first-order chi connectivity index (χ1) is 9.66. The lowest BCUT2D eigenvalue weighted by Gasteiger charge is -2.21. The van der Waals surface area contributed by atoms with E-state index >= 15 is 0 Å². The summed E-state index contributed by atoms with van der Waals surface area (Å²) in [5.74, 6) is 0.898. The summed E-state index contributed by atoms with van der Waals surface area (Å²) < 4.78 is 5.79. The predicted molar refractivity (Wildman–Crippen MR) is 81.4 cm³/mol. The van der Waals surface area contributed by atoms with Crippen molar-refractivity contribution in [3.8, 4) is 5.75 Å². The minimum atomic E-state index is -0.372. The molecule has 3 heteroatoms. The molecule has 2 N–H and O–H groups in total. The van der Waals surface area contributed by atoms with Crippen LogP contribution in [0.1, 0.15) is 36.8 Å². The molecule has 1 aliphatic heterocycles. The van der Waals surface area contributed by atoms with Crippen LogP contribution in [0.2, 0.25) is 0 Å². The molecule has 0 aromatic heterocycles. The highest BCUT2D eigenvalue weighted by Gasteiger charge is 2.17. The van der Waals surface area contributed by atoms with Crippen molar-refractivity contribution in [1.29, 1.82) is 0 Å². The molecule has 1 fully saturated rings. The third-order valence-electron chi connectivity index (χ3n) is 4.32. The van der Waals surface area contributed by atoms with E-state index in [0.29, 0.717) is 6.61 Å². The molecule has 1 saturated heterocycles. The molecule has 1 aromatic rings. The highest BCUT2D eigenvalue weighted by atomic mass is 16.5. The van der Waals surface area contributed by atoms with E-state index in [0.717, 1.165) is 12.3 Å². The number of likely N-dealkylation sites (tertiary alicyclic amines) is 1. The quantitative estimate of drug-likeness (QED) is 0.856. The predicted octanol–water partition coefficient (Wildman–Crippen LogP) is 1.50. The third-order valence-corrected chi connectivity index (χ3v) is 4.32. The van der Waals surface area contributed by atoms with Gasteiger partial charge in [-0.15, -0.1) is 0 Å². The first kappa shape index (κ1) is 15.3. The zero-order chi connectivity index (χ0) is 14.4. The van der Waals surface area contributed by atoms with E-state index in [-0.39, 0.29) is 6.10 Å². The van der Waals surface area contributed by atoms with E-state index in [4.69, 9.17) is 4.74 Å². The van der Waals surface area contributed by atoms with Gasteiger partial charge in [-0.25, -0.2) is 0 Å². The summed E-state index contributed by atoms with van der Waals surface area (Å²) in [5.41, 5.74) is 2.40. The zero-order valence-electron chi connectivity index (χ0n) is 12.8. The normalized spacial score (nSPS) is 18.6. The van der Waals surface area contributed by atoms with Crippen LogP contribution in [0.15, 0.2) is 18.2 Å². The smallest absolute Gasteiger partial charge is 0.137 e. The third kappa shape index (κ3) is 4.50. The number of hydrogen-bond donors (Lipinski definition) is 2. The van der Waals surface area contributed by atoms with Gasteiger partial charge in [0.1, 0.15) is 25.0 Å². The number of benzene rings is 1. The molecule has 0 radical (unpaired) electrons. The van der Waals surface area contributed by atoms with E-state index in [1.165, 1.54) is 54.8 Å². The monoisotopic (exact) mass is 278 g/mol. The SMILES string of the molecule is Cc1cccc(OC[C@H](O)C[NH+]2CCCCCC2)c1C. The van der Waals surface area contributed by atoms with E-state index in [1.54, 1.807) is 0 Å². The van der Waals surface area contributed by atoms with Gasteiger partial charge in [0.25, 0.3) is 0 Å². The maximum atomic E-state index is 10.2. The van der Waals surface area contributed by atoms with Gasteiger partial charge in [0.05, 0.1) is 13.1 Å². The molecular weight excluding hydrogens is 250 g/mol. The standard InChI is InChI=1S/C17H27NO2/c1-14-8-7-9-17(15(14)2)20-13-16(19)12-18-10-5-3-4-6-11-18/h7-9,16,19H,3-6,10-13H2,1-2H3/p+1/t16-/m1/s1. The molecule has 1 atom stereocenters. The molecule has 1 aromatic carbocycles. The lowest BCUT2D eigenvalue weighted by molar-refractivity contribution is -0.902. The van der Waals surface area contributed by atoms with Crippen LogP contribution in [0.5, 0.6) is 5.75 Å². The van der Waals surface area contributed by atoms with Crippen LogP contribution in [-0.2, 0) is 0 Å². The maximum absolute atomic E-state index is 10.2. The first-order valence-electron chi connectivity index (χ1n) is 7.87. The molecular formula is C17H28NO2+. The number of aliphatic hydroxyl groups is 1. The first-order valence-corrected chi connectivity index (χ1v) is 7.87. The lowest BCUT2D eigenvalue weighted by Crippen LogP contribution is -3.13. The number of nitrogens with one attached hydrogen (secondary N) is 1. The Balaban J connectivity index is 1.79. The lowest BCUT2D eigenvalue weighted by atomic mass is 10.1. The van der Waals surface area contributed by atoms with Crippen LogP contribution in [0, 0.1) is 13.8 Å². The molecule has 3 nitrogen and oxygen atoms in total. The van der Waals surface area contributed by atoms with Crippen molar-refractivity contribution in [2.24, 2.45) is 0 Å². The van der Waals surface area contributed by atoms with Gasteiger partial charge in [0.15, 0.2) is 0 Å². The number of aryl methyl sites for hydroxylation is 1. The average Bonchev–Trinajstić information content (AvgIpc) is 2.69. The Kier molecular flexibility index (Phi) is 5.86. The number of aliphatic hydroxyl groups excluding tert-OH is 1. The van der Waals surface area contributed by atoms with Crippen LogP contribution >= 0.6 is 0 Å². The van der Waals surface area contributed by atoms with Gasteiger partial charge < -0.3 is 14.7 Å².